The van der Waals surface area contributed by atoms with Crippen LogP contribution in [-0.4, -0.2) is 17.7 Å². The maximum Gasteiger partial charge on any atom is 0.330 e. The highest BCUT2D eigenvalue weighted by molar-refractivity contribution is 5.85. The van der Waals surface area contributed by atoms with Crippen LogP contribution in [0.15, 0.2) is 12.2 Å². The normalized spacial score (nSPS) is 11.4. The molecule has 0 aliphatic rings. The predicted molar refractivity (Wildman–Crippen MR) is 51.4 cm³/mol. The van der Waals surface area contributed by atoms with Gasteiger partial charge in [0.25, 0.3) is 6.26 Å². The topological polar surface area (TPSA) is 70.3 Å². The molecule has 4 heteroatoms. The standard InChI is InChI=1S/C10H15NO3/c1-3-9(4-5-14-7-11)6-8(2)10(12)13/h9H,2-6H2,1H3,(H,12,13). The number of rotatable bonds is 7. The Bertz CT molecular complexity index is 242. The largest absolute Gasteiger partial charge is 0.478 e. The van der Waals surface area contributed by atoms with Crippen LogP contribution in [0.1, 0.15) is 26.2 Å². The van der Waals surface area contributed by atoms with Crippen LogP contribution >= 0.6 is 0 Å². The van der Waals surface area contributed by atoms with Gasteiger partial charge in [-0.05, 0) is 18.8 Å². The maximum atomic E-state index is 10.5. The number of nitriles is 1. The summed E-state index contributed by atoms with van der Waals surface area (Å²) in [4.78, 5) is 10.5. The van der Waals surface area contributed by atoms with E-state index >= 15 is 0 Å². The lowest BCUT2D eigenvalue weighted by Crippen LogP contribution is -2.08. The van der Waals surface area contributed by atoms with E-state index in [2.05, 4.69) is 11.3 Å². The lowest BCUT2D eigenvalue weighted by atomic mass is 9.95. The second-order valence-corrected chi connectivity index (χ2v) is 3.12. The molecule has 0 aromatic heterocycles. The van der Waals surface area contributed by atoms with Crippen LogP contribution in [0, 0.1) is 17.4 Å². The molecule has 0 aliphatic carbocycles. The van der Waals surface area contributed by atoms with Crippen molar-refractivity contribution in [3.05, 3.63) is 12.2 Å². The van der Waals surface area contributed by atoms with Gasteiger partial charge in [-0.2, -0.15) is 5.26 Å². The van der Waals surface area contributed by atoms with E-state index in [4.69, 9.17) is 10.4 Å². The summed E-state index contributed by atoms with van der Waals surface area (Å²) in [5.41, 5.74) is 0.216. The Labute approximate surface area is 83.8 Å². The molecule has 0 rings (SSSR count). The molecule has 1 unspecified atom stereocenters. The van der Waals surface area contributed by atoms with Crippen molar-refractivity contribution in [1.82, 2.24) is 0 Å². The van der Waals surface area contributed by atoms with Crippen molar-refractivity contribution in [3.63, 3.8) is 0 Å². The molecule has 0 bridgehead atoms. The molecule has 0 aromatic carbocycles. The molecular weight excluding hydrogens is 182 g/mol. The summed E-state index contributed by atoms with van der Waals surface area (Å²) in [5, 5.41) is 16.8. The van der Waals surface area contributed by atoms with Crippen LogP contribution in [-0.2, 0) is 9.53 Å². The minimum absolute atomic E-state index is 0.216. The number of carbonyl (C=O) groups is 1. The molecule has 0 radical (unpaired) electrons. The highest BCUT2D eigenvalue weighted by Crippen LogP contribution is 2.17. The molecule has 4 nitrogen and oxygen atoms in total. The Morgan fingerprint density at radius 3 is 2.79 bits per heavy atom. The molecule has 0 fully saturated rings. The highest BCUT2D eigenvalue weighted by atomic mass is 16.5. The SMILES string of the molecule is C=C(CC(CC)CCOC#N)C(=O)O. The summed E-state index contributed by atoms with van der Waals surface area (Å²) >= 11 is 0. The van der Waals surface area contributed by atoms with Crippen LogP contribution < -0.4 is 0 Å². The zero-order valence-corrected chi connectivity index (χ0v) is 8.32. The average Bonchev–Trinajstić information content (AvgIpc) is 2.16. The van der Waals surface area contributed by atoms with Gasteiger partial charge in [0, 0.05) is 5.57 Å². The Kier molecular flexibility index (Phi) is 6.21. The van der Waals surface area contributed by atoms with Gasteiger partial charge in [-0.25, -0.2) is 4.79 Å². The first-order valence-electron chi connectivity index (χ1n) is 4.53. The van der Waals surface area contributed by atoms with E-state index in [0.29, 0.717) is 19.4 Å². The van der Waals surface area contributed by atoms with Gasteiger partial charge in [0.1, 0.15) is 6.61 Å². The summed E-state index contributed by atoms with van der Waals surface area (Å²) in [7, 11) is 0. The summed E-state index contributed by atoms with van der Waals surface area (Å²) in [6, 6.07) is 0. The lowest BCUT2D eigenvalue weighted by Gasteiger charge is -2.12. The van der Waals surface area contributed by atoms with E-state index in [9.17, 15) is 4.79 Å². The number of hydrogen-bond acceptors (Lipinski definition) is 3. The van der Waals surface area contributed by atoms with E-state index in [0.717, 1.165) is 6.42 Å². The molecule has 0 amide bonds. The Balaban J connectivity index is 3.85. The summed E-state index contributed by atoms with van der Waals surface area (Å²) < 4.78 is 4.54. The molecule has 0 aromatic rings. The zero-order chi connectivity index (χ0) is 11.0. The molecule has 78 valence electrons. The van der Waals surface area contributed by atoms with Gasteiger partial charge in [0.15, 0.2) is 0 Å². The van der Waals surface area contributed by atoms with Crippen molar-refractivity contribution in [1.29, 1.82) is 5.26 Å². The molecule has 1 N–H and O–H groups in total. The van der Waals surface area contributed by atoms with E-state index in [1.54, 1.807) is 6.26 Å². The smallest absolute Gasteiger partial charge is 0.330 e. The summed E-state index contributed by atoms with van der Waals surface area (Å²) in [5.74, 6) is -0.725. The van der Waals surface area contributed by atoms with Crippen LogP contribution in [0.25, 0.3) is 0 Å². The quantitative estimate of drug-likeness (QED) is 0.384. The zero-order valence-electron chi connectivity index (χ0n) is 8.32. The van der Waals surface area contributed by atoms with Crippen molar-refractivity contribution in [2.45, 2.75) is 26.2 Å². The molecule has 0 spiro atoms. The molecule has 0 heterocycles. The third kappa shape index (κ3) is 5.20. The molecule has 1 atom stereocenters. The predicted octanol–water partition coefficient (Wildman–Crippen LogP) is 1.93. The Hall–Kier alpha value is -1.50. The number of aliphatic carboxylic acids is 1. The fourth-order valence-corrected chi connectivity index (χ4v) is 1.16. The van der Waals surface area contributed by atoms with Gasteiger partial charge >= 0.3 is 5.97 Å². The van der Waals surface area contributed by atoms with Crippen LogP contribution in [0.4, 0.5) is 0 Å². The van der Waals surface area contributed by atoms with Crippen molar-refractivity contribution < 1.29 is 14.6 Å². The third-order valence-corrected chi connectivity index (χ3v) is 2.11. The highest BCUT2D eigenvalue weighted by Gasteiger charge is 2.12. The van der Waals surface area contributed by atoms with Crippen molar-refractivity contribution >= 4 is 5.97 Å². The number of nitrogens with zero attached hydrogens (tertiary/aromatic N) is 1. The van der Waals surface area contributed by atoms with Gasteiger partial charge < -0.3 is 9.84 Å². The van der Waals surface area contributed by atoms with Crippen LogP contribution in [0.5, 0.6) is 0 Å². The summed E-state index contributed by atoms with van der Waals surface area (Å²) in [6.45, 7) is 5.79. The third-order valence-electron chi connectivity index (χ3n) is 2.11. The van der Waals surface area contributed by atoms with Crippen LogP contribution in [0.2, 0.25) is 0 Å². The second kappa shape index (κ2) is 6.96. The number of carboxylic acid groups (broad SMARTS) is 1. The first-order valence-corrected chi connectivity index (χ1v) is 4.53. The van der Waals surface area contributed by atoms with Gasteiger partial charge in [0.2, 0.25) is 0 Å². The fourth-order valence-electron chi connectivity index (χ4n) is 1.16. The maximum absolute atomic E-state index is 10.5. The Morgan fingerprint density at radius 1 is 1.71 bits per heavy atom. The lowest BCUT2D eigenvalue weighted by molar-refractivity contribution is -0.132. The molecular formula is C10H15NO3. The molecule has 0 saturated carbocycles. The molecule has 0 aliphatic heterocycles. The number of carboxylic acids is 1. The number of ether oxygens (including phenoxy) is 1. The minimum atomic E-state index is -0.954. The fraction of sp³-hybridized carbons (Fsp3) is 0.600. The van der Waals surface area contributed by atoms with Crippen LogP contribution in [0.3, 0.4) is 0 Å². The second-order valence-electron chi connectivity index (χ2n) is 3.12. The first kappa shape index (κ1) is 12.5. The summed E-state index contributed by atoms with van der Waals surface area (Å²) in [6.07, 6.45) is 3.60. The minimum Gasteiger partial charge on any atom is -0.478 e. The van der Waals surface area contributed by atoms with E-state index in [1.165, 1.54) is 0 Å². The monoisotopic (exact) mass is 197 g/mol. The molecule has 14 heavy (non-hydrogen) atoms. The van der Waals surface area contributed by atoms with E-state index in [1.807, 2.05) is 6.92 Å². The average molecular weight is 197 g/mol. The van der Waals surface area contributed by atoms with E-state index in [-0.39, 0.29) is 11.5 Å². The first-order chi connectivity index (χ1) is 6.61. The van der Waals surface area contributed by atoms with Crippen molar-refractivity contribution in [2.24, 2.45) is 5.92 Å². The number of hydrogen-bond donors (Lipinski definition) is 1. The van der Waals surface area contributed by atoms with Gasteiger partial charge in [-0.15, -0.1) is 0 Å². The van der Waals surface area contributed by atoms with Gasteiger partial charge in [-0.1, -0.05) is 19.9 Å². The van der Waals surface area contributed by atoms with Gasteiger partial charge in [-0.3, -0.25) is 0 Å². The van der Waals surface area contributed by atoms with E-state index < -0.39 is 5.97 Å². The Morgan fingerprint density at radius 2 is 2.36 bits per heavy atom. The van der Waals surface area contributed by atoms with Gasteiger partial charge in [0.05, 0.1) is 0 Å². The van der Waals surface area contributed by atoms with Crippen molar-refractivity contribution in [3.8, 4) is 6.26 Å². The molecule has 0 saturated heterocycles. The van der Waals surface area contributed by atoms with Crippen molar-refractivity contribution in [2.75, 3.05) is 6.61 Å².